The van der Waals surface area contributed by atoms with Crippen molar-refractivity contribution in [2.45, 2.75) is 6.54 Å². The second kappa shape index (κ2) is 5.16. The van der Waals surface area contributed by atoms with Gasteiger partial charge in [0, 0.05) is 23.6 Å². The highest BCUT2D eigenvalue weighted by Gasteiger charge is 2.08. The molecule has 0 aliphatic heterocycles. The maximum atomic E-state index is 11.9. The number of thiophene rings is 1. The van der Waals surface area contributed by atoms with Crippen molar-refractivity contribution in [3.05, 3.63) is 59.5 Å². The summed E-state index contributed by atoms with van der Waals surface area (Å²) in [5.41, 5.74) is 1.46. The molecule has 19 heavy (non-hydrogen) atoms. The van der Waals surface area contributed by atoms with Crippen molar-refractivity contribution in [2.24, 2.45) is 0 Å². The number of hydrogen-bond donors (Lipinski definition) is 1. The molecule has 1 N–H and O–H groups in total. The van der Waals surface area contributed by atoms with E-state index in [1.165, 1.54) is 22.5 Å². The number of aromatic nitrogens is 2. The summed E-state index contributed by atoms with van der Waals surface area (Å²) in [7, 11) is 0. The van der Waals surface area contributed by atoms with Gasteiger partial charge >= 0.3 is 0 Å². The third-order valence-electron chi connectivity index (χ3n) is 2.80. The predicted molar refractivity (Wildman–Crippen MR) is 75.0 cm³/mol. The van der Waals surface area contributed by atoms with E-state index in [9.17, 15) is 4.79 Å². The van der Waals surface area contributed by atoms with Gasteiger partial charge in [0.15, 0.2) is 0 Å². The lowest BCUT2D eigenvalue weighted by atomic mass is 10.2. The van der Waals surface area contributed by atoms with Crippen LogP contribution in [0.5, 0.6) is 0 Å². The van der Waals surface area contributed by atoms with Gasteiger partial charge in [0.1, 0.15) is 5.69 Å². The van der Waals surface area contributed by atoms with Crippen molar-refractivity contribution in [3.8, 4) is 0 Å². The van der Waals surface area contributed by atoms with Crippen LogP contribution in [0, 0.1) is 0 Å². The Balaban J connectivity index is 1.75. The first-order valence-electron chi connectivity index (χ1n) is 5.84. The van der Waals surface area contributed by atoms with Crippen molar-refractivity contribution in [3.63, 3.8) is 0 Å². The van der Waals surface area contributed by atoms with E-state index in [2.05, 4.69) is 32.8 Å². The zero-order chi connectivity index (χ0) is 13.1. The van der Waals surface area contributed by atoms with Crippen LogP contribution in [0.1, 0.15) is 16.1 Å². The molecule has 0 radical (unpaired) electrons. The topological polar surface area (TPSA) is 54.9 Å². The number of amides is 1. The molecule has 0 aliphatic carbocycles. The Morgan fingerprint density at radius 2 is 2.16 bits per heavy atom. The molecular weight excluding hydrogens is 258 g/mol. The van der Waals surface area contributed by atoms with Crippen molar-refractivity contribution in [1.29, 1.82) is 0 Å². The number of carbonyl (C=O) groups is 1. The van der Waals surface area contributed by atoms with Gasteiger partial charge in [-0.2, -0.15) is 0 Å². The van der Waals surface area contributed by atoms with Gasteiger partial charge < -0.3 is 5.32 Å². The maximum absolute atomic E-state index is 11.9. The van der Waals surface area contributed by atoms with Gasteiger partial charge in [-0.05, 0) is 22.4 Å². The summed E-state index contributed by atoms with van der Waals surface area (Å²) in [5, 5.41) is 6.12. The van der Waals surface area contributed by atoms with Crippen LogP contribution in [0.3, 0.4) is 0 Å². The number of fused-ring (bicyclic) bond motifs is 1. The first-order valence-corrected chi connectivity index (χ1v) is 6.72. The zero-order valence-corrected chi connectivity index (χ0v) is 10.9. The molecule has 3 rings (SSSR count). The van der Waals surface area contributed by atoms with Gasteiger partial charge in [-0.1, -0.05) is 18.2 Å². The fourth-order valence-corrected chi connectivity index (χ4v) is 2.81. The standard InChI is InChI=1S/C14H11N3OS/c18-14(12-8-15-5-6-16-12)17-7-10-9-19-13-4-2-1-3-11(10)13/h1-6,8-9H,7H2,(H,17,18). The third kappa shape index (κ3) is 2.46. The van der Waals surface area contributed by atoms with Gasteiger partial charge in [-0.3, -0.25) is 9.78 Å². The Hall–Kier alpha value is -2.27. The minimum Gasteiger partial charge on any atom is -0.347 e. The van der Waals surface area contributed by atoms with Crippen LogP contribution in [0.2, 0.25) is 0 Å². The van der Waals surface area contributed by atoms with Gasteiger partial charge in [0.2, 0.25) is 0 Å². The molecule has 94 valence electrons. The van der Waals surface area contributed by atoms with E-state index >= 15 is 0 Å². The van der Waals surface area contributed by atoms with Gasteiger partial charge in [0.05, 0.1) is 6.20 Å². The predicted octanol–water partition coefficient (Wildman–Crippen LogP) is 2.62. The minimum atomic E-state index is -0.205. The Bertz CT molecular complexity index is 709. The number of nitrogens with zero attached hydrogens (tertiary/aromatic N) is 2. The summed E-state index contributed by atoms with van der Waals surface area (Å²) in [6.45, 7) is 0.499. The molecular formula is C14H11N3OS. The average molecular weight is 269 g/mol. The average Bonchev–Trinajstić information content (AvgIpc) is 2.89. The molecule has 0 aliphatic rings. The molecule has 2 aromatic heterocycles. The Morgan fingerprint density at radius 1 is 1.26 bits per heavy atom. The monoisotopic (exact) mass is 269 g/mol. The highest BCUT2D eigenvalue weighted by atomic mass is 32.1. The van der Waals surface area contributed by atoms with Crippen LogP contribution >= 0.6 is 11.3 Å². The molecule has 0 saturated heterocycles. The van der Waals surface area contributed by atoms with Crippen LogP contribution in [-0.2, 0) is 6.54 Å². The smallest absolute Gasteiger partial charge is 0.271 e. The molecule has 1 aromatic carbocycles. The van der Waals surface area contributed by atoms with E-state index in [0.29, 0.717) is 12.2 Å². The van der Waals surface area contributed by atoms with E-state index in [-0.39, 0.29) is 5.91 Å². The summed E-state index contributed by atoms with van der Waals surface area (Å²) in [5.74, 6) is -0.205. The minimum absolute atomic E-state index is 0.205. The maximum Gasteiger partial charge on any atom is 0.271 e. The van der Waals surface area contributed by atoms with E-state index in [0.717, 1.165) is 5.56 Å². The lowest BCUT2D eigenvalue weighted by molar-refractivity contribution is 0.0945. The van der Waals surface area contributed by atoms with Crippen LogP contribution in [0.15, 0.2) is 48.2 Å². The van der Waals surface area contributed by atoms with E-state index in [1.54, 1.807) is 17.5 Å². The Morgan fingerprint density at radius 3 is 3.00 bits per heavy atom. The molecule has 4 nitrogen and oxygen atoms in total. The number of benzene rings is 1. The van der Waals surface area contributed by atoms with Gasteiger partial charge in [-0.15, -0.1) is 11.3 Å². The molecule has 0 unspecified atom stereocenters. The first kappa shape index (κ1) is 11.8. The summed E-state index contributed by atoms with van der Waals surface area (Å²) in [4.78, 5) is 19.7. The molecule has 3 aromatic rings. The summed E-state index contributed by atoms with van der Waals surface area (Å²) in [6, 6.07) is 8.16. The fraction of sp³-hybridized carbons (Fsp3) is 0.0714. The van der Waals surface area contributed by atoms with Gasteiger partial charge in [0.25, 0.3) is 5.91 Å². The molecule has 0 fully saturated rings. The van der Waals surface area contributed by atoms with Crippen molar-refractivity contribution >= 4 is 27.3 Å². The van der Waals surface area contributed by atoms with Crippen LogP contribution < -0.4 is 5.32 Å². The molecule has 0 spiro atoms. The number of carbonyl (C=O) groups excluding carboxylic acids is 1. The largest absolute Gasteiger partial charge is 0.347 e. The Kier molecular flexibility index (Phi) is 3.20. The van der Waals surface area contributed by atoms with Crippen molar-refractivity contribution in [1.82, 2.24) is 15.3 Å². The highest BCUT2D eigenvalue weighted by Crippen LogP contribution is 2.25. The van der Waals surface area contributed by atoms with E-state index in [4.69, 9.17) is 0 Å². The number of rotatable bonds is 3. The molecule has 0 saturated carbocycles. The van der Waals surface area contributed by atoms with Crippen molar-refractivity contribution in [2.75, 3.05) is 0 Å². The zero-order valence-electron chi connectivity index (χ0n) is 10.0. The Labute approximate surface area is 114 Å². The molecule has 0 bridgehead atoms. The van der Waals surface area contributed by atoms with Crippen LogP contribution in [0.25, 0.3) is 10.1 Å². The quantitative estimate of drug-likeness (QED) is 0.795. The lowest BCUT2D eigenvalue weighted by Crippen LogP contribution is -2.23. The normalized spacial score (nSPS) is 10.5. The molecule has 1 amide bonds. The highest BCUT2D eigenvalue weighted by molar-refractivity contribution is 7.17. The SMILES string of the molecule is O=C(NCc1csc2ccccc12)c1cnccn1. The second-order valence-electron chi connectivity index (χ2n) is 4.03. The number of hydrogen-bond acceptors (Lipinski definition) is 4. The first-order chi connectivity index (χ1) is 9.34. The van der Waals surface area contributed by atoms with Crippen molar-refractivity contribution < 1.29 is 4.79 Å². The molecule has 2 heterocycles. The molecule has 5 heteroatoms. The summed E-state index contributed by atoms with van der Waals surface area (Å²) in [6.07, 6.45) is 4.51. The number of nitrogens with one attached hydrogen (secondary N) is 1. The lowest BCUT2D eigenvalue weighted by Gasteiger charge is -2.03. The summed E-state index contributed by atoms with van der Waals surface area (Å²) >= 11 is 1.68. The molecule has 0 atom stereocenters. The fourth-order valence-electron chi connectivity index (χ4n) is 1.85. The second-order valence-corrected chi connectivity index (χ2v) is 4.94. The summed E-state index contributed by atoms with van der Waals surface area (Å²) < 4.78 is 1.23. The van der Waals surface area contributed by atoms with Crippen LogP contribution in [-0.4, -0.2) is 15.9 Å². The van der Waals surface area contributed by atoms with E-state index < -0.39 is 0 Å². The van der Waals surface area contributed by atoms with E-state index in [1.807, 2.05) is 12.1 Å². The van der Waals surface area contributed by atoms with Gasteiger partial charge in [-0.25, -0.2) is 4.98 Å². The van der Waals surface area contributed by atoms with Crippen LogP contribution in [0.4, 0.5) is 0 Å². The third-order valence-corrected chi connectivity index (χ3v) is 3.81.